The summed E-state index contributed by atoms with van der Waals surface area (Å²) >= 11 is 0. The molecule has 36 heavy (non-hydrogen) atoms. The Morgan fingerprint density at radius 3 is 2.44 bits per heavy atom. The molecule has 2 atom stereocenters. The highest BCUT2D eigenvalue weighted by molar-refractivity contribution is 5.56. The lowest BCUT2D eigenvalue weighted by Gasteiger charge is -2.36. The number of nitrogens with one attached hydrogen (secondary N) is 1. The van der Waals surface area contributed by atoms with Gasteiger partial charge in [-0.1, -0.05) is 18.2 Å². The summed E-state index contributed by atoms with van der Waals surface area (Å²) in [6.07, 6.45) is -1.62. The molecule has 10 heteroatoms. The number of hydrogen-bond acceptors (Lipinski definition) is 6. The molecule has 3 aromatic rings. The van der Waals surface area contributed by atoms with Crippen LogP contribution >= 0.6 is 0 Å². The van der Waals surface area contributed by atoms with Crippen LogP contribution in [0, 0.1) is 0 Å². The Hall–Kier alpha value is -3.24. The second-order valence-corrected chi connectivity index (χ2v) is 9.56. The topological polar surface area (TPSA) is 74.4 Å². The summed E-state index contributed by atoms with van der Waals surface area (Å²) in [5.74, 6) is 1.22. The van der Waals surface area contributed by atoms with Gasteiger partial charge in [-0.3, -0.25) is 9.69 Å². The summed E-state index contributed by atoms with van der Waals surface area (Å²) in [6, 6.07) is 8.75. The highest BCUT2D eigenvalue weighted by atomic mass is 19.4. The van der Waals surface area contributed by atoms with E-state index in [1.807, 2.05) is 12.3 Å². The van der Waals surface area contributed by atoms with E-state index in [0.29, 0.717) is 36.3 Å². The zero-order chi connectivity index (χ0) is 25.4. The molecule has 2 aliphatic heterocycles. The molecule has 7 nitrogen and oxygen atoms in total. The number of alkyl halides is 3. The summed E-state index contributed by atoms with van der Waals surface area (Å²) < 4.78 is 44.3. The van der Waals surface area contributed by atoms with Crippen molar-refractivity contribution in [2.45, 2.75) is 51.7 Å². The maximum Gasteiger partial charge on any atom is 0.416 e. The van der Waals surface area contributed by atoms with Gasteiger partial charge in [-0.15, -0.1) is 0 Å². The van der Waals surface area contributed by atoms with Crippen LogP contribution in [0.15, 0.2) is 47.4 Å². The third-order valence-electron chi connectivity index (χ3n) is 6.59. The van der Waals surface area contributed by atoms with Crippen molar-refractivity contribution in [2.24, 2.45) is 0 Å². The predicted molar refractivity (Wildman–Crippen MR) is 130 cm³/mol. The van der Waals surface area contributed by atoms with E-state index in [2.05, 4.69) is 44.7 Å². The average Bonchev–Trinajstić information content (AvgIpc) is 2.84. The van der Waals surface area contributed by atoms with Gasteiger partial charge >= 0.3 is 6.18 Å². The summed E-state index contributed by atoms with van der Waals surface area (Å²) in [4.78, 5) is 29.2. The minimum absolute atomic E-state index is 0.162. The largest absolute Gasteiger partial charge is 0.416 e. The fourth-order valence-electron chi connectivity index (χ4n) is 4.89. The number of aromatic amines is 1. The van der Waals surface area contributed by atoms with E-state index in [1.165, 1.54) is 12.1 Å². The molecule has 190 valence electrons. The molecule has 1 N–H and O–H groups in total. The first-order chi connectivity index (χ1) is 17.2. The van der Waals surface area contributed by atoms with Crippen molar-refractivity contribution in [3.05, 3.63) is 75.3 Å². The van der Waals surface area contributed by atoms with Crippen LogP contribution < -0.4 is 10.5 Å². The number of hydrogen-bond donors (Lipinski definition) is 1. The quantitative estimate of drug-likeness (QED) is 0.585. The molecule has 0 amide bonds. The van der Waals surface area contributed by atoms with Gasteiger partial charge in [0.15, 0.2) is 0 Å². The molecule has 0 spiro atoms. The van der Waals surface area contributed by atoms with E-state index in [4.69, 9.17) is 4.74 Å². The first kappa shape index (κ1) is 24.5. The van der Waals surface area contributed by atoms with E-state index in [0.717, 1.165) is 43.1 Å². The number of halogens is 3. The molecule has 5 rings (SSSR count). The summed E-state index contributed by atoms with van der Waals surface area (Å²) in [7, 11) is 0. The Bertz CT molecular complexity index is 1260. The smallest absolute Gasteiger partial charge is 0.372 e. The van der Waals surface area contributed by atoms with Gasteiger partial charge in [0, 0.05) is 50.9 Å². The number of rotatable bonds is 4. The predicted octanol–water partition coefficient (Wildman–Crippen LogP) is 4.02. The van der Waals surface area contributed by atoms with Gasteiger partial charge in [0.2, 0.25) is 0 Å². The minimum Gasteiger partial charge on any atom is -0.372 e. The van der Waals surface area contributed by atoms with E-state index >= 15 is 0 Å². The second-order valence-electron chi connectivity index (χ2n) is 9.56. The minimum atomic E-state index is -4.41. The van der Waals surface area contributed by atoms with Gasteiger partial charge < -0.3 is 14.6 Å². The van der Waals surface area contributed by atoms with Gasteiger partial charge in [-0.25, -0.2) is 9.97 Å². The van der Waals surface area contributed by atoms with Crippen molar-refractivity contribution < 1.29 is 17.9 Å². The highest BCUT2D eigenvalue weighted by Crippen LogP contribution is 2.30. The van der Waals surface area contributed by atoms with Gasteiger partial charge in [-0.2, -0.15) is 13.2 Å². The molecule has 0 radical (unpaired) electrons. The first-order valence-electron chi connectivity index (χ1n) is 12.0. The van der Waals surface area contributed by atoms with Crippen LogP contribution in [0.4, 0.5) is 19.0 Å². The molecule has 2 aromatic heterocycles. The zero-order valence-electron chi connectivity index (χ0n) is 20.2. The van der Waals surface area contributed by atoms with Crippen molar-refractivity contribution in [3.63, 3.8) is 0 Å². The van der Waals surface area contributed by atoms with E-state index in [-0.39, 0.29) is 23.6 Å². The Kier molecular flexibility index (Phi) is 6.57. The molecule has 1 fully saturated rings. The number of nitrogens with zero attached hydrogens (tertiary/aromatic N) is 4. The van der Waals surface area contributed by atoms with Crippen LogP contribution in [0.5, 0.6) is 0 Å². The van der Waals surface area contributed by atoms with Crippen molar-refractivity contribution in [1.29, 1.82) is 0 Å². The number of aromatic nitrogens is 3. The number of fused-ring (bicyclic) bond motifs is 1. The highest BCUT2D eigenvalue weighted by Gasteiger charge is 2.30. The Morgan fingerprint density at radius 2 is 1.81 bits per heavy atom. The van der Waals surface area contributed by atoms with Crippen LogP contribution in [0.2, 0.25) is 0 Å². The van der Waals surface area contributed by atoms with E-state index in [1.54, 1.807) is 0 Å². The van der Waals surface area contributed by atoms with Crippen LogP contribution in [-0.4, -0.2) is 51.7 Å². The van der Waals surface area contributed by atoms with Gasteiger partial charge in [0.25, 0.3) is 5.56 Å². The van der Waals surface area contributed by atoms with Crippen LogP contribution in [0.25, 0.3) is 11.4 Å². The summed E-state index contributed by atoms with van der Waals surface area (Å²) in [6.45, 7) is 7.57. The maximum absolute atomic E-state index is 12.8. The molecular formula is C26H28F3N5O2. The summed E-state index contributed by atoms with van der Waals surface area (Å²) in [5, 5.41) is 0. The number of morpholine rings is 1. The fourth-order valence-corrected chi connectivity index (χ4v) is 4.89. The molecule has 2 unspecified atom stereocenters. The lowest BCUT2D eigenvalue weighted by molar-refractivity contribution is -0.137. The van der Waals surface area contributed by atoms with E-state index in [9.17, 15) is 18.0 Å². The monoisotopic (exact) mass is 499 g/mol. The molecule has 0 saturated carbocycles. The van der Waals surface area contributed by atoms with E-state index < -0.39 is 11.7 Å². The normalized spacial score (nSPS) is 20.9. The number of anilines is 1. The molecule has 0 bridgehead atoms. The number of ether oxygens (including phenoxy) is 1. The molecule has 1 aromatic carbocycles. The molecule has 2 aliphatic rings. The zero-order valence-corrected chi connectivity index (χ0v) is 20.2. The number of benzene rings is 1. The van der Waals surface area contributed by atoms with Crippen molar-refractivity contribution in [3.8, 4) is 11.4 Å². The Labute approximate surface area is 206 Å². The van der Waals surface area contributed by atoms with Crippen molar-refractivity contribution >= 4 is 5.82 Å². The molecule has 4 heterocycles. The maximum atomic E-state index is 12.8. The Morgan fingerprint density at radius 1 is 1.08 bits per heavy atom. The van der Waals surface area contributed by atoms with Gasteiger partial charge in [0.1, 0.15) is 11.6 Å². The second kappa shape index (κ2) is 9.67. The lowest BCUT2D eigenvalue weighted by Crippen LogP contribution is -2.45. The first-order valence-corrected chi connectivity index (χ1v) is 12.0. The SMILES string of the molecule is CC1CN(c2ccc(CN3CCc4nc(-c5ccc(C(F)(F)F)cc5)[nH]c(=O)c4C3)cn2)CC(C)O1. The molecular weight excluding hydrogens is 471 g/mol. The van der Waals surface area contributed by atoms with Crippen molar-refractivity contribution in [2.75, 3.05) is 24.5 Å². The third-order valence-corrected chi connectivity index (χ3v) is 6.59. The number of H-pyrrole nitrogens is 1. The van der Waals surface area contributed by atoms with Crippen LogP contribution in [0.3, 0.4) is 0 Å². The average molecular weight is 500 g/mol. The summed E-state index contributed by atoms with van der Waals surface area (Å²) in [5.41, 5.74) is 1.79. The molecule has 0 aliphatic carbocycles. The van der Waals surface area contributed by atoms with Crippen LogP contribution in [-0.2, 0) is 30.4 Å². The number of pyridine rings is 1. The fraction of sp³-hybridized carbons (Fsp3) is 0.423. The Balaban J connectivity index is 1.26. The standard InChI is InChI=1S/C26H28F3N5O2/c1-16-12-34(13-17(2)36-16)23-8-3-18(11-30-23)14-33-10-9-22-21(15-33)25(35)32-24(31-22)19-4-6-20(7-5-19)26(27,28)29/h3-8,11,16-17H,9-10,12-15H2,1-2H3,(H,31,32,35). The van der Waals surface area contributed by atoms with Gasteiger partial charge in [0.05, 0.1) is 29.0 Å². The van der Waals surface area contributed by atoms with Crippen molar-refractivity contribution in [1.82, 2.24) is 19.9 Å². The molecule has 1 saturated heterocycles. The van der Waals surface area contributed by atoms with Gasteiger partial charge in [-0.05, 0) is 37.6 Å². The third kappa shape index (κ3) is 5.29. The van der Waals surface area contributed by atoms with Crippen LogP contribution in [0.1, 0.15) is 36.2 Å². The lowest BCUT2D eigenvalue weighted by atomic mass is 10.1.